The molecule has 1 saturated carbocycles. The van der Waals surface area contributed by atoms with Crippen molar-refractivity contribution in [2.24, 2.45) is 5.92 Å². The van der Waals surface area contributed by atoms with Gasteiger partial charge in [-0.15, -0.1) is 0 Å². The van der Waals surface area contributed by atoms with Crippen LogP contribution in [0.25, 0.3) is 6.08 Å². The molecule has 4 aromatic rings. The number of ether oxygens (including phenoxy) is 2. The molecule has 0 aromatic heterocycles. The van der Waals surface area contributed by atoms with Crippen LogP contribution in [-0.4, -0.2) is 12.5 Å². The third-order valence-electron chi connectivity index (χ3n) is 9.93. The molecule has 4 nitrogen and oxygen atoms in total. The van der Waals surface area contributed by atoms with E-state index < -0.39 is 0 Å². The van der Waals surface area contributed by atoms with Crippen molar-refractivity contribution in [2.45, 2.75) is 96.5 Å². The number of hydrogen-bond acceptors (Lipinski definition) is 3. The molecule has 0 bridgehead atoms. The average molecular weight is 642 g/mol. The number of fused-ring (bicyclic) bond motifs is 2. The van der Waals surface area contributed by atoms with E-state index in [2.05, 4.69) is 86.8 Å². The predicted octanol–water partition coefficient (Wildman–Crippen LogP) is 11.6. The second-order valence-electron chi connectivity index (χ2n) is 14.7. The number of benzene rings is 4. The zero-order chi connectivity index (χ0) is 33.3. The van der Waals surface area contributed by atoms with Gasteiger partial charge in [0.2, 0.25) is 5.91 Å². The van der Waals surface area contributed by atoms with Gasteiger partial charge in [-0.05, 0) is 64.6 Å². The highest BCUT2D eigenvalue weighted by atomic mass is 16.5. The number of carbonyl (C=O) groups excluding carboxylic acids is 1. The van der Waals surface area contributed by atoms with E-state index in [4.69, 9.17) is 9.47 Å². The maximum absolute atomic E-state index is 13.9. The van der Waals surface area contributed by atoms with Crippen LogP contribution in [0.3, 0.4) is 0 Å². The molecule has 250 valence electrons. The van der Waals surface area contributed by atoms with Crippen molar-refractivity contribution >= 4 is 17.7 Å². The molecule has 0 spiro atoms. The molecule has 0 atom stereocenters. The smallest absolute Gasteiger partial charge is 0.225 e. The average Bonchev–Trinajstić information content (AvgIpc) is 3.08. The molecule has 1 aliphatic carbocycles. The van der Waals surface area contributed by atoms with Gasteiger partial charge in [0.05, 0.1) is 13.2 Å². The SMILES string of the molecule is CC(C)(C)c1ccc(C=C(CCCC2CCCCC2)COCc2ccccc2)cc1NC(=O)CC1c2ccccc2Oc2ccccc21. The van der Waals surface area contributed by atoms with Crippen molar-refractivity contribution in [2.75, 3.05) is 11.9 Å². The highest BCUT2D eigenvalue weighted by molar-refractivity contribution is 5.93. The number of hydrogen-bond donors (Lipinski definition) is 1. The number of anilines is 1. The third kappa shape index (κ3) is 8.85. The molecule has 1 heterocycles. The zero-order valence-corrected chi connectivity index (χ0v) is 29.0. The van der Waals surface area contributed by atoms with Gasteiger partial charge in [-0.3, -0.25) is 4.79 Å². The monoisotopic (exact) mass is 641 g/mol. The summed E-state index contributed by atoms with van der Waals surface area (Å²) >= 11 is 0. The Morgan fingerprint density at radius 1 is 0.854 bits per heavy atom. The number of para-hydroxylation sites is 2. The minimum Gasteiger partial charge on any atom is -0.457 e. The van der Waals surface area contributed by atoms with Crippen molar-refractivity contribution in [3.8, 4) is 11.5 Å². The van der Waals surface area contributed by atoms with Gasteiger partial charge in [-0.25, -0.2) is 0 Å². The summed E-state index contributed by atoms with van der Waals surface area (Å²) in [6.07, 6.45) is 13.1. The number of amides is 1. The summed E-state index contributed by atoms with van der Waals surface area (Å²) in [5.74, 6) is 2.43. The third-order valence-corrected chi connectivity index (χ3v) is 9.93. The number of carbonyl (C=O) groups is 1. The van der Waals surface area contributed by atoms with Gasteiger partial charge in [-0.2, -0.15) is 0 Å². The second kappa shape index (κ2) is 15.8. The minimum absolute atomic E-state index is 0.00274. The maximum Gasteiger partial charge on any atom is 0.225 e. The van der Waals surface area contributed by atoms with E-state index in [1.165, 1.54) is 56.1 Å². The van der Waals surface area contributed by atoms with Gasteiger partial charge in [0.1, 0.15) is 11.5 Å². The molecule has 0 unspecified atom stereocenters. The summed E-state index contributed by atoms with van der Waals surface area (Å²) in [5.41, 5.74) is 7.55. The fraction of sp³-hybridized carbons (Fsp3) is 0.386. The van der Waals surface area contributed by atoms with E-state index in [0.717, 1.165) is 51.8 Å². The van der Waals surface area contributed by atoms with Gasteiger partial charge in [-0.1, -0.05) is 144 Å². The van der Waals surface area contributed by atoms with Crippen molar-refractivity contribution in [3.63, 3.8) is 0 Å². The first kappa shape index (κ1) is 33.7. The summed E-state index contributed by atoms with van der Waals surface area (Å²) in [4.78, 5) is 13.9. The van der Waals surface area contributed by atoms with E-state index in [9.17, 15) is 4.79 Å². The Morgan fingerprint density at radius 2 is 1.52 bits per heavy atom. The minimum atomic E-state index is -0.135. The zero-order valence-electron chi connectivity index (χ0n) is 29.0. The lowest BCUT2D eigenvalue weighted by Gasteiger charge is -2.28. The standard InChI is InChI=1S/C44H51NO3/c1-44(2,3)39-26-25-34(27-35(20-14-19-32-15-6-4-7-16-32)31-47-30-33-17-8-5-9-18-33)28-40(39)45-43(46)29-38-36-21-10-12-23-41(36)48-42-24-13-11-22-37(38)42/h5,8-13,17-18,21-28,32,38H,4,6-7,14-16,19-20,29-31H2,1-3H3,(H,45,46). The first-order valence-electron chi connectivity index (χ1n) is 17.9. The summed E-state index contributed by atoms with van der Waals surface area (Å²) in [5, 5.41) is 3.35. The predicted molar refractivity (Wildman–Crippen MR) is 198 cm³/mol. The molecule has 0 saturated heterocycles. The van der Waals surface area contributed by atoms with Crippen LogP contribution >= 0.6 is 0 Å². The molecule has 1 amide bonds. The molecular weight excluding hydrogens is 590 g/mol. The van der Waals surface area contributed by atoms with Crippen LogP contribution in [-0.2, 0) is 21.6 Å². The van der Waals surface area contributed by atoms with Crippen molar-refractivity contribution < 1.29 is 14.3 Å². The molecule has 1 aliphatic heterocycles. The lowest BCUT2D eigenvalue weighted by atomic mass is 9.84. The quantitative estimate of drug-likeness (QED) is 0.167. The molecule has 48 heavy (non-hydrogen) atoms. The Balaban J connectivity index is 1.22. The molecule has 1 N–H and O–H groups in total. The van der Waals surface area contributed by atoms with Crippen LogP contribution in [0.1, 0.15) is 112 Å². The Morgan fingerprint density at radius 3 is 2.21 bits per heavy atom. The molecule has 4 heteroatoms. The molecule has 2 aliphatic rings. The Bertz CT molecular complexity index is 1650. The first-order valence-corrected chi connectivity index (χ1v) is 17.9. The van der Waals surface area contributed by atoms with E-state index in [1.807, 2.05) is 42.5 Å². The van der Waals surface area contributed by atoms with Gasteiger partial charge in [0.25, 0.3) is 0 Å². The van der Waals surface area contributed by atoms with Crippen LogP contribution in [0.2, 0.25) is 0 Å². The summed E-state index contributed by atoms with van der Waals surface area (Å²) in [7, 11) is 0. The Kier molecular flexibility index (Phi) is 11.1. The van der Waals surface area contributed by atoms with E-state index >= 15 is 0 Å². The van der Waals surface area contributed by atoms with Crippen molar-refractivity contribution in [3.05, 3.63) is 130 Å². The van der Waals surface area contributed by atoms with E-state index in [1.54, 1.807) is 0 Å². The lowest BCUT2D eigenvalue weighted by Crippen LogP contribution is -2.22. The van der Waals surface area contributed by atoms with Crippen LogP contribution in [0.5, 0.6) is 11.5 Å². The topological polar surface area (TPSA) is 47.6 Å². The van der Waals surface area contributed by atoms with Crippen molar-refractivity contribution in [1.82, 2.24) is 0 Å². The molecule has 6 rings (SSSR count). The highest BCUT2D eigenvalue weighted by Crippen LogP contribution is 2.45. The van der Waals surface area contributed by atoms with Crippen LogP contribution in [0, 0.1) is 5.92 Å². The van der Waals surface area contributed by atoms with E-state index in [-0.39, 0.29) is 17.2 Å². The molecule has 4 aromatic carbocycles. The molecular formula is C44H51NO3. The fourth-order valence-corrected chi connectivity index (χ4v) is 7.41. The highest BCUT2D eigenvalue weighted by Gasteiger charge is 2.29. The Hall–Kier alpha value is -4.15. The van der Waals surface area contributed by atoms with Crippen LogP contribution < -0.4 is 10.1 Å². The van der Waals surface area contributed by atoms with Gasteiger partial charge in [0, 0.05) is 29.2 Å². The maximum atomic E-state index is 13.9. The Labute approximate surface area is 287 Å². The lowest BCUT2D eigenvalue weighted by molar-refractivity contribution is -0.116. The first-order chi connectivity index (χ1) is 23.3. The van der Waals surface area contributed by atoms with Crippen molar-refractivity contribution in [1.29, 1.82) is 0 Å². The molecule has 1 fully saturated rings. The molecule has 0 radical (unpaired) electrons. The van der Waals surface area contributed by atoms with Crippen LogP contribution in [0.15, 0.2) is 103 Å². The van der Waals surface area contributed by atoms with E-state index in [0.29, 0.717) is 19.6 Å². The summed E-state index contributed by atoms with van der Waals surface area (Å²) in [6.45, 7) is 7.81. The fourth-order valence-electron chi connectivity index (χ4n) is 7.41. The van der Waals surface area contributed by atoms with Crippen LogP contribution in [0.4, 0.5) is 5.69 Å². The largest absolute Gasteiger partial charge is 0.457 e. The van der Waals surface area contributed by atoms with Gasteiger partial charge >= 0.3 is 0 Å². The number of rotatable bonds is 12. The summed E-state index contributed by atoms with van der Waals surface area (Å²) < 4.78 is 12.5. The van der Waals surface area contributed by atoms with Gasteiger partial charge < -0.3 is 14.8 Å². The normalized spacial score (nSPS) is 15.4. The summed E-state index contributed by atoms with van der Waals surface area (Å²) in [6, 6.07) is 33.1. The number of nitrogens with one attached hydrogen (secondary N) is 1. The second-order valence-corrected chi connectivity index (χ2v) is 14.7. The van der Waals surface area contributed by atoms with Gasteiger partial charge in [0.15, 0.2) is 0 Å².